The first-order valence-electron chi connectivity index (χ1n) is 36.5. The van der Waals surface area contributed by atoms with Gasteiger partial charge in [0.2, 0.25) is 0 Å². The molecule has 5 heterocycles. The number of fused-ring (bicyclic) bond motifs is 13. The highest BCUT2D eigenvalue weighted by Crippen LogP contribution is 2.53. The van der Waals surface area contributed by atoms with Crippen molar-refractivity contribution in [3.8, 4) is 61.6 Å². The molecule has 3 aromatic heterocycles. The summed E-state index contributed by atoms with van der Waals surface area (Å²) >= 11 is 0. The van der Waals surface area contributed by atoms with Crippen molar-refractivity contribution in [3.05, 3.63) is 351 Å². The van der Waals surface area contributed by atoms with E-state index in [1.165, 1.54) is 104 Å². The molecule has 0 saturated heterocycles. The van der Waals surface area contributed by atoms with Gasteiger partial charge < -0.3 is 23.5 Å². The fourth-order valence-electron chi connectivity index (χ4n) is 17.3. The first-order chi connectivity index (χ1) is 50.9. The molecule has 0 atom stereocenters. The minimum atomic E-state index is -0.246. The van der Waals surface area contributed by atoms with Gasteiger partial charge in [-0.3, -0.25) is 0 Å². The molecule has 20 rings (SSSR count). The quantitative estimate of drug-likeness (QED) is 0.134. The minimum absolute atomic E-state index is 0.0865. The average Bonchev–Trinajstić information content (AvgIpc) is 0.973. The molecule has 6 heteroatoms. The van der Waals surface area contributed by atoms with Crippen LogP contribution in [0.2, 0.25) is 0 Å². The first-order valence-corrected chi connectivity index (χ1v) is 36.5. The van der Waals surface area contributed by atoms with Gasteiger partial charge in [-0.25, -0.2) is 0 Å². The number of para-hydroxylation sites is 2. The van der Waals surface area contributed by atoms with E-state index in [4.69, 9.17) is 0 Å². The molecule has 15 aromatic carbocycles. The molecule has 2 aliphatic heterocycles. The van der Waals surface area contributed by atoms with Gasteiger partial charge in [0, 0.05) is 66.4 Å². The largest absolute Gasteiger partial charge is 0.311 e. The van der Waals surface area contributed by atoms with Gasteiger partial charge in [-0.05, 0) is 204 Å². The van der Waals surface area contributed by atoms with Crippen LogP contribution < -0.4 is 26.2 Å². The second kappa shape index (κ2) is 23.5. The van der Waals surface area contributed by atoms with Gasteiger partial charge in [0.15, 0.2) is 0 Å². The van der Waals surface area contributed by atoms with Gasteiger partial charge in [0.05, 0.1) is 50.2 Å². The van der Waals surface area contributed by atoms with Crippen LogP contribution in [0.4, 0.5) is 34.1 Å². The Bertz CT molecular complexity index is 6090. The summed E-state index contributed by atoms with van der Waals surface area (Å²) < 4.78 is 7.56. The van der Waals surface area contributed by atoms with Crippen molar-refractivity contribution in [2.24, 2.45) is 0 Å². The SMILES string of the molecule is CC(C)(C)c1ccc2c(c1)c1cc(C(C)(C)C)ccc1n2-c1cc2c3c(c1)N(c1cccc4c1c1cc(-c5ccccc5)ccc1n4-c1ccccc1)c1ccc(-c4ccccc4)cc1B3c1cc(-c3ccccc3)ccc1N2c1cccc2c1c1cc(-c3ccccc3)ccc1n2-c1ccccc1. The van der Waals surface area contributed by atoms with Gasteiger partial charge in [0.25, 0.3) is 6.71 Å². The van der Waals surface area contributed by atoms with E-state index in [1.807, 2.05) is 0 Å². The third kappa shape index (κ3) is 9.62. The maximum absolute atomic E-state index is 2.68. The van der Waals surface area contributed by atoms with E-state index >= 15 is 0 Å². The highest BCUT2D eigenvalue weighted by Gasteiger charge is 2.45. The summed E-state index contributed by atoms with van der Waals surface area (Å²) in [5.41, 5.74) is 32.4. The highest BCUT2D eigenvalue weighted by molar-refractivity contribution is 7.00. The summed E-state index contributed by atoms with van der Waals surface area (Å²) in [5.74, 6) is 0. The topological polar surface area (TPSA) is 21.3 Å². The molecule has 0 bridgehead atoms. The Kier molecular flexibility index (Phi) is 13.8. The van der Waals surface area contributed by atoms with Crippen molar-refractivity contribution in [3.63, 3.8) is 0 Å². The maximum Gasteiger partial charge on any atom is 0.252 e. The predicted octanol–water partition coefficient (Wildman–Crippen LogP) is 24.3. The molecule has 0 saturated carbocycles. The number of hydrogen-bond donors (Lipinski definition) is 0. The van der Waals surface area contributed by atoms with Crippen molar-refractivity contribution in [2.75, 3.05) is 9.80 Å². The van der Waals surface area contributed by atoms with Crippen molar-refractivity contribution >= 4 is 123 Å². The lowest BCUT2D eigenvalue weighted by atomic mass is 9.33. The van der Waals surface area contributed by atoms with Crippen LogP contribution in [0.3, 0.4) is 0 Å². The van der Waals surface area contributed by atoms with Crippen molar-refractivity contribution in [1.82, 2.24) is 13.7 Å². The first kappa shape index (κ1) is 61.3. The van der Waals surface area contributed by atoms with Crippen molar-refractivity contribution < 1.29 is 0 Å². The summed E-state index contributed by atoms with van der Waals surface area (Å²) in [6, 6.07) is 128. The summed E-state index contributed by atoms with van der Waals surface area (Å²) in [6.45, 7) is 13.8. The lowest BCUT2D eigenvalue weighted by Gasteiger charge is -2.45. The van der Waals surface area contributed by atoms with Crippen LogP contribution in [0.5, 0.6) is 0 Å². The van der Waals surface area contributed by atoms with Crippen LogP contribution in [0.1, 0.15) is 52.7 Å². The lowest BCUT2D eigenvalue weighted by Crippen LogP contribution is -2.61. The Hall–Kier alpha value is -12.6. The molecule has 0 radical (unpaired) electrons. The number of anilines is 6. The van der Waals surface area contributed by atoms with E-state index < -0.39 is 0 Å². The van der Waals surface area contributed by atoms with E-state index in [0.717, 1.165) is 84.3 Å². The smallest absolute Gasteiger partial charge is 0.252 e. The number of aromatic nitrogens is 3. The second-order valence-electron chi connectivity index (χ2n) is 30.5. The molecule has 18 aromatic rings. The molecule has 0 N–H and O–H groups in total. The van der Waals surface area contributed by atoms with Crippen LogP contribution in [-0.2, 0) is 10.8 Å². The molecular weight excluding hydrogens is 1260 g/mol. The van der Waals surface area contributed by atoms with Crippen LogP contribution in [0.25, 0.3) is 127 Å². The predicted molar refractivity (Wildman–Crippen MR) is 443 cm³/mol. The van der Waals surface area contributed by atoms with E-state index in [9.17, 15) is 0 Å². The molecule has 2 aliphatic rings. The number of nitrogens with zero attached hydrogens (tertiary/aromatic N) is 5. The second-order valence-corrected chi connectivity index (χ2v) is 30.5. The summed E-state index contributed by atoms with van der Waals surface area (Å²) in [5, 5.41) is 7.20. The molecule has 0 amide bonds. The van der Waals surface area contributed by atoms with E-state index in [-0.39, 0.29) is 17.5 Å². The third-order valence-electron chi connectivity index (χ3n) is 22.3. The highest BCUT2D eigenvalue weighted by atomic mass is 15.2. The van der Waals surface area contributed by atoms with E-state index in [2.05, 4.69) is 405 Å². The zero-order valence-electron chi connectivity index (χ0n) is 59.1. The normalized spacial score (nSPS) is 12.8. The van der Waals surface area contributed by atoms with Gasteiger partial charge in [-0.15, -0.1) is 0 Å². The minimum Gasteiger partial charge on any atom is -0.311 e. The Morgan fingerprint density at radius 3 is 0.923 bits per heavy atom. The monoisotopic (exact) mass is 1330 g/mol. The van der Waals surface area contributed by atoms with E-state index in [1.54, 1.807) is 0 Å². The van der Waals surface area contributed by atoms with Gasteiger partial charge in [-0.1, -0.05) is 260 Å². The number of rotatable bonds is 9. The molecule has 0 aliphatic carbocycles. The molecule has 0 fully saturated rings. The summed E-state index contributed by atoms with van der Waals surface area (Å²) in [7, 11) is 0. The average molecular weight is 1330 g/mol. The molecule has 494 valence electrons. The van der Waals surface area contributed by atoms with Gasteiger partial charge in [-0.2, -0.15) is 0 Å². The van der Waals surface area contributed by atoms with Gasteiger partial charge >= 0.3 is 0 Å². The van der Waals surface area contributed by atoms with Gasteiger partial charge in [0.1, 0.15) is 0 Å². The molecule has 104 heavy (non-hydrogen) atoms. The third-order valence-corrected chi connectivity index (χ3v) is 22.3. The standard InChI is InChI=1S/C98H74BN5/c1-97(2,3)71-47-53-82-76(59-71)77-60-72(98(4,5)6)48-54-83(77)102(82)75-61-92-96-93(62-75)104(91-42-26-40-89-95(91)79-56-68(64-29-15-8-16-30-64)44-50-85(79)101(89)74-37-23-12-24-38-74)87-52-46-70(66-33-19-10-20-34-66)58-81(87)99(96)80-57-69(65-31-17-9-18-32-65)45-51-86(80)103(92)90-41-25-39-88-94(90)78-55-67(63-27-13-7-14-28-63)43-49-84(78)100(88)73-35-21-11-22-36-73/h7-62H,1-6H3. The van der Waals surface area contributed by atoms with Crippen LogP contribution in [0.15, 0.2) is 340 Å². The zero-order valence-corrected chi connectivity index (χ0v) is 59.1. The van der Waals surface area contributed by atoms with Crippen LogP contribution in [0, 0.1) is 0 Å². The lowest BCUT2D eigenvalue weighted by molar-refractivity contribution is 0.590. The molecular formula is C98H74BN5. The van der Waals surface area contributed by atoms with E-state index in [0.29, 0.717) is 0 Å². The fourth-order valence-corrected chi connectivity index (χ4v) is 17.3. The maximum atomic E-state index is 2.68. The number of benzene rings is 15. The molecule has 5 nitrogen and oxygen atoms in total. The Morgan fingerprint density at radius 1 is 0.221 bits per heavy atom. The molecule has 0 spiro atoms. The van der Waals surface area contributed by atoms with Crippen molar-refractivity contribution in [2.45, 2.75) is 52.4 Å². The fraction of sp³-hybridized carbons (Fsp3) is 0.0816. The summed E-state index contributed by atoms with van der Waals surface area (Å²) in [6.07, 6.45) is 0. The molecule has 0 unspecified atom stereocenters. The Morgan fingerprint density at radius 2 is 0.548 bits per heavy atom. The van der Waals surface area contributed by atoms with Crippen LogP contribution >= 0.6 is 0 Å². The Labute approximate surface area is 607 Å². The number of hydrogen-bond acceptors (Lipinski definition) is 2. The Balaban J connectivity index is 0.972. The zero-order chi connectivity index (χ0) is 69.7. The summed E-state index contributed by atoms with van der Waals surface area (Å²) in [4.78, 5) is 5.35. The van der Waals surface area contributed by atoms with Crippen LogP contribution in [-0.4, -0.2) is 20.4 Å². The van der Waals surface area contributed by atoms with Crippen molar-refractivity contribution in [1.29, 1.82) is 0 Å².